The largest absolute Gasteiger partial charge is 0.383 e. The first-order valence-electron chi connectivity index (χ1n) is 7.70. The Kier molecular flexibility index (Phi) is 4.21. The SMILES string of the molecule is CCCc1nc(N)c(C)c(N2CCC(C(C)(C)C)C2)n1. The molecule has 4 nitrogen and oxygen atoms in total. The van der Waals surface area contributed by atoms with Crippen LogP contribution < -0.4 is 10.6 Å². The molecule has 0 radical (unpaired) electrons. The summed E-state index contributed by atoms with van der Waals surface area (Å²) in [6.45, 7) is 13.3. The molecule has 1 aromatic rings. The molecule has 112 valence electrons. The average Bonchev–Trinajstić information content (AvgIpc) is 2.83. The summed E-state index contributed by atoms with van der Waals surface area (Å²) in [4.78, 5) is 11.5. The van der Waals surface area contributed by atoms with Crippen molar-refractivity contribution in [1.82, 2.24) is 9.97 Å². The van der Waals surface area contributed by atoms with E-state index in [9.17, 15) is 0 Å². The maximum Gasteiger partial charge on any atom is 0.137 e. The molecule has 4 heteroatoms. The molecule has 2 heterocycles. The normalized spacial score (nSPS) is 19.6. The van der Waals surface area contributed by atoms with Crippen molar-refractivity contribution in [2.24, 2.45) is 11.3 Å². The molecule has 1 saturated heterocycles. The highest BCUT2D eigenvalue weighted by Crippen LogP contribution is 2.36. The number of hydrogen-bond donors (Lipinski definition) is 1. The van der Waals surface area contributed by atoms with E-state index in [0.717, 1.165) is 43.1 Å². The number of hydrogen-bond acceptors (Lipinski definition) is 4. The smallest absolute Gasteiger partial charge is 0.137 e. The Morgan fingerprint density at radius 2 is 2.00 bits per heavy atom. The Hall–Kier alpha value is -1.32. The van der Waals surface area contributed by atoms with E-state index >= 15 is 0 Å². The molecule has 0 bridgehead atoms. The number of nitrogen functional groups attached to an aromatic ring is 1. The lowest BCUT2D eigenvalue weighted by atomic mass is 9.80. The maximum atomic E-state index is 6.06. The van der Waals surface area contributed by atoms with Gasteiger partial charge in [-0.3, -0.25) is 0 Å². The molecule has 1 aromatic heterocycles. The molecule has 1 unspecified atom stereocenters. The van der Waals surface area contributed by atoms with Crippen LogP contribution in [0, 0.1) is 18.3 Å². The van der Waals surface area contributed by atoms with Crippen molar-refractivity contribution >= 4 is 11.6 Å². The standard InChI is InChI=1S/C16H28N4/c1-6-7-13-18-14(17)11(2)15(19-13)20-9-8-12(10-20)16(3,4)5/h12H,6-10H2,1-5H3,(H2,17,18,19). The molecule has 1 aliphatic heterocycles. The van der Waals surface area contributed by atoms with Gasteiger partial charge in [0.1, 0.15) is 17.5 Å². The minimum absolute atomic E-state index is 0.355. The molecule has 0 spiro atoms. The summed E-state index contributed by atoms with van der Waals surface area (Å²) in [5.74, 6) is 3.28. The molecular weight excluding hydrogens is 248 g/mol. The van der Waals surface area contributed by atoms with Crippen LogP contribution in [0.4, 0.5) is 11.6 Å². The van der Waals surface area contributed by atoms with E-state index in [2.05, 4.69) is 37.6 Å². The number of nitrogens with two attached hydrogens (primary N) is 1. The van der Waals surface area contributed by atoms with E-state index in [1.165, 1.54) is 6.42 Å². The monoisotopic (exact) mass is 276 g/mol. The van der Waals surface area contributed by atoms with Crippen LogP contribution in [0.15, 0.2) is 0 Å². The summed E-state index contributed by atoms with van der Waals surface area (Å²) >= 11 is 0. The van der Waals surface area contributed by atoms with Gasteiger partial charge in [0, 0.05) is 25.1 Å². The number of nitrogens with zero attached hydrogens (tertiary/aromatic N) is 3. The third-order valence-corrected chi connectivity index (χ3v) is 4.39. The van der Waals surface area contributed by atoms with Crippen LogP contribution in [0.3, 0.4) is 0 Å². The summed E-state index contributed by atoms with van der Waals surface area (Å²) in [6, 6.07) is 0. The highest BCUT2D eigenvalue weighted by atomic mass is 15.2. The fourth-order valence-corrected chi connectivity index (χ4v) is 2.87. The van der Waals surface area contributed by atoms with E-state index in [1.807, 2.05) is 6.92 Å². The van der Waals surface area contributed by atoms with Gasteiger partial charge in [0.15, 0.2) is 0 Å². The van der Waals surface area contributed by atoms with Gasteiger partial charge in [0.25, 0.3) is 0 Å². The first-order chi connectivity index (χ1) is 9.32. The lowest BCUT2D eigenvalue weighted by molar-refractivity contribution is 0.263. The van der Waals surface area contributed by atoms with Gasteiger partial charge in [-0.05, 0) is 31.1 Å². The quantitative estimate of drug-likeness (QED) is 0.921. The van der Waals surface area contributed by atoms with E-state index in [4.69, 9.17) is 10.7 Å². The molecule has 0 aliphatic carbocycles. The Bertz CT molecular complexity index is 476. The molecule has 0 saturated carbocycles. The topological polar surface area (TPSA) is 55.0 Å². The predicted molar refractivity (Wildman–Crippen MR) is 85.0 cm³/mol. The zero-order valence-corrected chi connectivity index (χ0v) is 13.5. The maximum absolute atomic E-state index is 6.06. The van der Waals surface area contributed by atoms with E-state index < -0.39 is 0 Å². The minimum atomic E-state index is 0.355. The Balaban J connectivity index is 2.25. The van der Waals surface area contributed by atoms with Crippen molar-refractivity contribution < 1.29 is 0 Å². The molecule has 1 aliphatic rings. The van der Waals surface area contributed by atoms with Crippen LogP contribution in [0.25, 0.3) is 0 Å². The lowest BCUT2D eigenvalue weighted by Gasteiger charge is -2.27. The number of rotatable bonds is 3. The number of aryl methyl sites for hydroxylation is 1. The Morgan fingerprint density at radius 3 is 2.55 bits per heavy atom. The second kappa shape index (κ2) is 5.58. The minimum Gasteiger partial charge on any atom is -0.383 e. The third-order valence-electron chi connectivity index (χ3n) is 4.39. The van der Waals surface area contributed by atoms with Crippen molar-refractivity contribution in [1.29, 1.82) is 0 Å². The van der Waals surface area contributed by atoms with Gasteiger partial charge in [-0.25, -0.2) is 9.97 Å². The fraction of sp³-hybridized carbons (Fsp3) is 0.750. The van der Waals surface area contributed by atoms with E-state index in [-0.39, 0.29) is 0 Å². The second-order valence-electron chi connectivity index (χ2n) is 7.02. The molecule has 2 rings (SSSR count). The summed E-state index contributed by atoms with van der Waals surface area (Å²) < 4.78 is 0. The first kappa shape index (κ1) is 15.1. The van der Waals surface area contributed by atoms with E-state index in [0.29, 0.717) is 17.2 Å². The van der Waals surface area contributed by atoms with Gasteiger partial charge in [-0.1, -0.05) is 27.7 Å². The highest BCUT2D eigenvalue weighted by Gasteiger charge is 2.33. The van der Waals surface area contributed by atoms with Gasteiger partial charge in [-0.15, -0.1) is 0 Å². The van der Waals surface area contributed by atoms with Crippen LogP contribution in [0.1, 0.15) is 51.9 Å². The second-order valence-corrected chi connectivity index (χ2v) is 7.02. The molecule has 1 atom stereocenters. The van der Waals surface area contributed by atoms with E-state index in [1.54, 1.807) is 0 Å². The highest BCUT2D eigenvalue weighted by molar-refractivity contribution is 5.57. The van der Waals surface area contributed by atoms with Gasteiger partial charge in [0.05, 0.1) is 0 Å². The molecule has 0 aromatic carbocycles. The van der Waals surface area contributed by atoms with Gasteiger partial charge >= 0.3 is 0 Å². The molecular formula is C16H28N4. The summed E-state index contributed by atoms with van der Waals surface area (Å²) in [5.41, 5.74) is 7.44. The van der Waals surface area contributed by atoms with Crippen molar-refractivity contribution in [3.05, 3.63) is 11.4 Å². The number of aromatic nitrogens is 2. The van der Waals surface area contributed by atoms with Crippen LogP contribution in [0.5, 0.6) is 0 Å². The van der Waals surface area contributed by atoms with Crippen molar-refractivity contribution in [2.45, 2.75) is 53.9 Å². The van der Waals surface area contributed by atoms with Crippen LogP contribution in [0.2, 0.25) is 0 Å². The molecule has 0 amide bonds. The average molecular weight is 276 g/mol. The van der Waals surface area contributed by atoms with Crippen LogP contribution in [-0.2, 0) is 6.42 Å². The van der Waals surface area contributed by atoms with Crippen molar-refractivity contribution in [3.8, 4) is 0 Å². The zero-order valence-electron chi connectivity index (χ0n) is 13.5. The lowest BCUT2D eigenvalue weighted by Crippen LogP contribution is -2.27. The van der Waals surface area contributed by atoms with Gasteiger partial charge in [0.2, 0.25) is 0 Å². The van der Waals surface area contributed by atoms with Crippen molar-refractivity contribution in [3.63, 3.8) is 0 Å². The molecule has 2 N–H and O–H groups in total. The predicted octanol–water partition coefficient (Wildman–Crippen LogP) is 3.19. The zero-order chi connectivity index (χ0) is 14.9. The number of anilines is 2. The van der Waals surface area contributed by atoms with Crippen molar-refractivity contribution in [2.75, 3.05) is 23.7 Å². The summed E-state index contributed by atoms with van der Waals surface area (Å²) in [7, 11) is 0. The summed E-state index contributed by atoms with van der Waals surface area (Å²) in [6.07, 6.45) is 3.18. The Morgan fingerprint density at radius 1 is 1.30 bits per heavy atom. The van der Waals surface area contributed by atoms with Crippen LogP contribution >= 0.6 is 0 Å². The van der Waals surface area contributed by atoms with Gasteiger partial charge in [-0.2, -0.15) is 0 Å². The molecule has 20 heavy (non-hydrogen) atoms. The summed E-state index contributed by atoms with van der Waals surface area (Å²) in [5, 5.41) is 0. The Labute approximate surface area is 122 Å². The third kappa shape index (κ3) is 3.05. The first-order valence-corrected chi connectivity index (χ1v) is 7.70. The molecule has 1 fully saturated rings. The fourth-order valence-electron chi connectivity index (χ4n) is 2.87. The van der Waals surface area contributed by atoms with Crippen LogP contribution in [-0.4, -0.2) is 23.1 Å². The van der Waals surface area contributed by atoms with Gasteiger partial charge < -0.3 is 10.6 Å².